The summed E-state index contributed by atoms with van der Waals surface area (Å²) in [6.07, 6.45) is 0. The molecule has 1 saturated heterocycles. The first-order valence-corrected chi connectivity index (χ1v) is 6.41. The number of hydrogen-bond acceptors (Lipinski definition) is 3. The molecule has 1 aliphatic heterocycles. The molecule has 0 spiro atoms. The highest BCUT2D eigenvalue weighted by Crippen LogP contribution is 2.09. The Morgan fingerprint density at radius 1 is 1.47 bits per heavy atom. The van der Waals surface area contributed by atoms with Crippen molar-refractivity contribution in [2.24, 2.45) is 0 Å². The summed E-state index contributed by atoms with van der Waals surface area (Å²) < 4.78 is 0. The highest BCUT2D eigenvalue weighted by atomic mass is 35.5. The van der Waals surface area contributed by atoms with E-state index in [0.717, 1.165) is 31.9 Å². The van der Waals surface area contributed by atoms with Crippen molar-refractivity contribution in [3.63, 3.8) is 0 Å². The fraction of sp³-hybridized carbons (Fsp3) is 0.615. The average molecular weight is 287 g/mol. The molecule has 108 valence electrons. The van der Waals surface area contributed by atoms with Gasteiger partial charge in [-0.3, -0.25) is 9.69 Å². The van der Waals surface area contributed by atoms with Crippen molar-refractivity contribution in [1.82, 2.24) is 20.1 Å². The van der Waals surface area contributed by atoms with Crippen LogP contribution >= 0.6 is 12.4 Å². The number of amides is 1. The number of carbonyl (C=O) groups is 1. The Balaban J connectivity index is 0.00000180. The number of H-pyrrole nitrogens is 1. The summed E-state index contributed by atoms with van der Waals surface area (Å²) in [6.45, 7) is 6.22. The zero-order chi connectivity index (χ0) is 13.1. The van der Waals surface area contributed by atoms with E-state index < -0.39 is 0 Å². The van der Waals surface area contributed by atoms with Gasteiger partial charge in [0.2, 0.25) is 0 Å². The predicted octanol–water partition coefficient (Wildman–Crippen LogP) is 0.932. The second-order valence-electron chi connectivity index (χ2n) is 5.19. The van der Waals surface area contributed by atoms with Crippen LogP contribution in [0.3, 0.4) is 0 Å². The van der Waals surface area contributed by atoms with Crippen molar-refractivity contribution < 1.29 is 4.79 Å². The molecule has 2 rings (SSSR count). The molecule has 2 N–H and O–H groups in total. The van der Waals surface area contributed by atoms with Crippen LogP contribution in [0.4, 0.5) is 0 Å². The molecule has 0 bridgehead atoms. The minimum absolute atomic E-state index is 0. The van der Waals surface area contributed by atoms with Crippen molar-refractivity contribution in [3.8, 4) is 0 Å². The minimum atomic E-state index is 0. The molecule has 1 aromatic heterocycles. The number of carbonyl (C=O) groups excluding carboxylic acids is 1. The Morgan fingerprint density at radius 2 is 2.21 bits per heavy atom. The Labute approximate surface area is 120 Å². The zero-order valence-corrected chi connectivity index (χ0v) is 12.6. The summed E-state index contributed by atoms with van der Waals surface area (Å²) in [4.78, 5) is 19.0. The normalized spacial score (nSPS) is 19.8. The van der Waals surface area contributed by atoms with E-state index in [-0.39, 0.29) is 18.3 Å². The number of piperazine rings is 1. The van der Waals surface area contributed by atoms with E-state index in [1.54, 1.807) is 19.0 Å². The highest BCUT2D eigenvalue weighted by Gasteiger charge is 2.17. The maximum atomic E-state index is 11.8. The monoisotopic (exact) mass is 286 g/mol. The smallest absolute Gasteiger partial charge is 0.269 e. The molecule has 1 aliphatic rings. The third kappa shape index (κ3) is 4.23. The summed E-state index contributed by atoms with van der Waals surface area (Å²) in [5, 5.41) is 3.42. The number of rotatable bonds is 3. The third-order valence-electron chi connectivity index (χ3n) is 3.23. The van der Waals surface area contributed by atoms with Gasteiger partial charge in [-0.2, -0.15) is 0 Å². The molecule has 1 aromatic rings. The largest absolute Gasteiger partial charge is 0.353 e. The van der Waals surface area contributed by atoms with Gasteiger partial charge in [-0.25, -0.2) is 0 Å². The van der Waals surface area contributed by atoms with Crippen LogP contribution in [-0.4, -0.2) is 60.5 Å². The van der Waals surface area contributed by atoms with E-state index in [9.17, 15) is 4.79 Å². The van der Waals surface area contributed by atoms with Gasteiger partial charge in [-0.1, -0.05) is 0 Å². The maximum Gasteiger partial charge on any atom is 0.269 e. The van der Waals surface area contributed by atoms with Crippen molar-refractivity contribution >= 4 is 18.3 Å². The van der Waals surface area contributed by atoms with Crippen LogP contribution in [0.15, 0.2) is 12.1 Å². The average Bonchev–Trinajstić information content (AvgIpc) is 2.76. The molecule has 6 heteroatoms. The number of hydrogen-bond donors (Lipinski definition) is 2. The number of aromatic amines is 1. The predicted molar refractivity (Wildman–Crippen MR) is 78.8 cm³/mol. The summed E-state index contributed by atoms with van der Waals surface area (Å²) >= 11 is 0. The number of nitrogens with one attached hydrogen (secondary N) is 2. The van der Waals surface area contributed by atoms with Gasteiger partial charge >= 0.3 is 0 Å². The topological polar surface area (TPSA) is 51.4 Å². The zero-order valence-electron chi connectivity index (χ0n) is 11.8. The van der Waals surface area contributed by atoms with Crippen LogP contribution < -0.4 is 5.32 Å². The Kier molecular flexibility index (Phi) is 5.85. The van der Waals surface area contributed by atoms with Crippen LogP contribution in [0.5, 0.6) is 0 Å². The van der Waals surface area contributed by atoms with Crippen molar-refractivity contribution in [2.75, 3.05) is 33.7 Å². The molecule has 0 aromatic carbocycles. The van der Waals surface area contributed by atoms with Crippen molar-refractivity contribution in [2.45, 2.75) is 19.5 Å². The third-order valence-corrected chi connectivity index (χ3v) is 3.23. The van der Waals surface area contributed by atoms with Crippen LogP contribution in [-0.2, 0) is 6.54 Å². The van der Waals surface area contributed by atoms with Gasteiger partial charge < -0.3 is 15.2 Å². The summed E-state index contributed by atoms with van der Waals surface area (Å²) in [5.74, 6) is 0.0231. The van der Waals surface area contributed by atoms with Gasteiger partial charge in [0.1, 0.15) is 5.69 Å². The Hall–Kier alpha value is -1.04. The lowest BCUT2D eigenvalue weighted by atomic mass is 10.2. The molecule has 0 saturated carbocycles. The van der Waals surface area contributed by atoms with Crippen LogP contribution in [0.2, 0.25) is 0 Å². The van der Waals surface area contributed by atoms with Crippen LogP contribution in [0.25, 0.3) is 0 Å². The first-order chi connectivity index (χ1) is 8.56. The Morgan fingerprint density at radius 3 is 2.84 bits per heavy atom. The highest BCUT2D eigenvalue weighted by molar-refractivity contribution is 5.92. The molecule has 19 heavy (non-hydrogen) atoms. The maximum absolute atomic E-state index is 11.8. The molecular formula is C13H23ClN4O. The molecule has 1 atom stereocenters. The lowest BCUT2D eigenvalue weighted by molar-refractivity contribution is 0.0822. The lowest BCUT2D eigenvalue weighted by Gasteiger charge is -2.31. The Bertz CT molecular complexity index is 419. The van der Waals surface area contributed by atoms with E-state index in [4.69, 9.17) is 0 Å². The van der Waals surface area contributed by atoms with E-state index in [1.807, 2.05) is 12.1 Å². The first-order valence-electron chi connectivity index (χ1n) is 6.41. The molecule has 5 nitrogen and oxygen atoms in total. The van der Waals surface area contributed by atoms with Crippen molar-refractivity contribution in [3.05, 3.63) is 23.5 Å². The van der Waals surface area contributed by atoms with E-state index in [1.165, 1.54) is 0 Å². The second-order valence-corrected chi connectivity index (χ2v) is 5.19. The van der Waals surface area contributed by atoms with E-state index in [0.29, 0.717) is 11.7 Å². The SMILES string of the molecule is C[C@H]1CN(Cc2ccc(C(=O)N(C)C)[nH]2)CCN1.Cl. The lowest BCUT2D eigenvalue weighted by Crippen LogP contribution is -2.48. The van der Waals surface area contributed by atoms with Gasteiger partial charge in [0.25, 0.3) is 5.91 Å². The summed E-state index contributed by atoms with van der Waals surface area (Å²) in [7, 11) is 3.53. The van der Waals surface area contributed by atoms with Gasteiger partial charge in [-0.05, 0) is 19.1 Å². The molecule has 0 radical (unpaired) electrons. The number of halogens is 1. The second kappa shape index (κ2) is 6.93. The van der Waals surface area contributed by atoms with Crippen LogP contribution in [0, 0.1) is 0 Å². The quantitative estimate of drug-likeness (QED) is 0.869. The van der Waals surface area contributed by atoms with Gasteiger partial charge in [-0.15, -0.1) is 12.4 Å². The summed E-state index contributed by atoms with van der Waals surface area (Å²) in [6, 6.07) is 4.41. The van der Waals surface area contributed by atoms with Gasteiger partial charge in [0.15, 0.2) is 0 Å². The number of aromatic nitrogens is 1. The molecular weight excluding hydrogens is 264 g/mol. The molecule has 2 heterocycles. The first kappa shape index (κ1) is 16.0. The fourth-order valence-electron chi connectivity index (χ4n) is 2.29. The van der Waals surface area contributed by atoms with Crippen LogP contribution in [0.1, 0.15) is 23.1 Å². The van der Waals surface area contributed by atoms with Crippen molar-refractivity contribution in [1.29, 1.82) is 0 Å². The standard InChI is InChI=1S/C13H22N4O.ClH/c1-10-8-17(7-6-14-10)9-11-4-5-12(15-11)13(18)16(2)3;/h4-5,10,14-15H,6-9H2,1-3H3;1H/t10-;/m0./s1. The molecule has 0 aliphatic carbocycles. The fourth-order valence-corrected chi connectivity index (χ4v) is 2.29. The van der Waals surface area contributed by atoms with Gasteiger partial charge in [0, 0.05) is 52.0 Å². The number of nitrogens with zero attached hydrogens (tertiary/aromatic N) is 2. The van der Waals surface area contributed by atoms with E-state index >= 15 is 0 Å². The molecule has 1 amide bonds. The molecule has 0 unspecified atom stereocenters. The summed E-state index contributed by atoms with van der Waals surface area (Å²) in [5.41, 5.74) is 1.77. The van der Waals surface area contributed by atoms with E-state index in [2.05, 4.69) is 22.1 Å². The molecule has 1 fully saturated rings. The van der Waals surface area contributed by atoms with Gasteiger partial charge in [0.05, 0.1) is 0 Å². The minimum Gasteiger partial charge on any atom is -0.353 e.